The summed E-state index contributed by atoms with van der Waals surface area (Å²) in [4.78, 5) is 22.5. The highest BCUT2D eigenvalue weighted by Gasteiger charge is 2.05. The van der Waals surface area contributed by atoms with E-state index in [0.29, 0.717) is 26.1 Å². The fraction of sp³-hybridized carbons (Fsp3) is 0.556. The molecule has 16 heavy (non-hydrogen) atoms. The third-order valence-electron chi connectivity index (χ3n) is 2.01. The number of thiazole rings is 1. The predicted octanol–water partition coefficient (Wildman–Crippen LogP) is 0.105. The van der Waals surface area contributed by atoms with Gasteiger partial charge in [-0.3, -0.25) is 9.59 Å². The second-order valence-corrected chi connectivity index (χ2v) is 4.00. The van der Waals surface area contributed by atoms with Crippen molar-refractivity contribution in [2.45, 2.75) is 19.9 Å². The van der Waals surface area contributed by atoms with E-state index in [4.69, 9.17) is 5.73 Å². The molecule has 0 unspecified atom stereocenters. The van der Waals surface area contributed by atoms with Crippen molar-refractivity contribution in [3.05, 3.63) is 20.7 Å². The first-order valence-electron chi connectivity index (χ1n) is 4.77. The number of amides is 1. The predicted molar refractivity (Wildman–Crippen MR) is 67.2 cm³/mol. The third-order valence-corrected chi connectivity index (χ3v) is 2.89. The third kappa shape index (κ3) is 4.34. The average Bonchev–Trinajstić information content (AvgIpc) is 2.53. The number of hydrogen-bond acceptors (Lipinski definition) is 4. The first kappa shape index (κ1) is 15.2. The molecular formula is C9H16ClN3O2S. The molecule has 0 atom stereocenters. The van der Waals surface area contributed by atoms with Crippen LogP contribution in [0.4, 0.5) is 0 Å². The maximum atomic E-state index is 11.3. The monoisotopic (exact) mass is 265 g/mol. The number of halogens is 1. The molecule has 0 aliphatic rings. The minimum absolute atomic E-state index is 0. The van der Waals surface area contributed by atoms with E-state index < -0.39 is 0 Å². The van der Waals surface area contributed by atoms with Crippen LogP contribution >= 0.6 is 23.7 Å². The van der Waals surface area contributed by atoms with Gasteiger partial charge in [-0.05, 0) is 6.92 Å². The summed E-state index contributed by atoms with van der Waals surface area (Å²) in [6.45, 7) is 3.21. The van der Waals surface area contributed by atoms with Crippen LogP contribution in [0.2, 0.25) is 0 Å². The highest BCUT2D eigenvalue weighted by Crippen LogP contribution is 2.00. The van der Waals surface area contributed by atoms with E-state index in [1.165, 1.54) is 0 Å². The molecule has 7 heteroatoms. The van der Waals surface area contributed by atoms with Crippen LogP contribution in [-0.2, 0) is 11.3 Å². The normalized spacial score (nSPS) is 9.62. The molecule has 1 rings (SSSR count). The highest BCUT2D eigenvalue weighted by molar-refractivity contribution is 7.07. The van der Waals surface area contributed by atoms with E-state index in [-0.39, 0.29) is 23.2 Å². The quantitative estimate of drug-likeness (QED) is 0.793. The average molecular weight is 266 g/mol. The van der Waals surface area contributed by atoms with Crippen molar-refractivity contribution >= 4 is 29.7 Å². The van der Waals surface area contributed by atoms with Gasteiger partial charge in [-0.15, -0.1) is 12.4 Å². The van der Waals surface area contributed by atoms with Gasteiger partial charge >= 0.3 is 4.87 Å². The van der Waals surface area contributed by atoms with Gasteiger partial charge in [-0.2, -0.15) is 0 Å². The lowest BCUT2D eigenvalue weighted by Crippen LogP contribution is -2.30. The number of nitrogens with one attached hydrogen (secondary N) is 1. The molecule has 0 radical (unpaired) electrons. The number of aromatic nitrogens is 1. The van der Waals surface area contributed by atoms with Crippen LogP contribution in [0.25, 0.3) is 0 Å². The topological polar surface area (TPSA) is 77.1 Å². The summed E-state index contributed by atoms with van der Waals surface area (Å²) in [7, 11) is 0. The highest BCUT2D eigenvalue weighted by atomic mass is 35.5. The van der Waals surface area contributed by atoms with Gasteiger partial charge in [0, 0.05) is 37.1 Å². The summed E-state index contributed by atoms with van der Waals surface area (Å²) in [5.74, 6) is -0.0713. The zero-order valence-electron chi connectivity index (χ0n) is 9.06. The van der Waals surface area contributed by atoms with Crippen LogP contribution in [0.5, 0.6) is 0 Å². The van der Waals surface area contributed by atoms with Crippen molar-refractivity contribution in [3.63, 3.8) is 0 Å². The fourth-order valence-electron chi connectivity index (χ4n) is 1.19. The summed E-state index contributed by atoms with van der Waals surface area (Å²) in [6.07, 6.45) is 0.317. The first-order valence-corrected chi connectivity index (χ1v) is 5.65. The Bertz CT molecular complexity index is 388. The van der Waals surface area contributed by atoms with Gasteiger partial charge in [0.2, 0.25) is 5.91 Å². The minimum Gasteiger partial charge on any atom is -0.355 e. The molecule has 1 amide bonds. The molecule has 3 N–H and O–H groups in total. The molecule has 0 spiro atoms. The lowest BCUT2D eigenvalue weighted by molar-refractivity contribution is -0.121. The van der Waals surface area contributed by atoms with Crippen LogP contribution in [0.15, 0.2) is 10.2 Å². The zero-order valence-corrected chi connectivity index (χ0v) is 10.7. The number of carbonyl (C=O) groups excluding carboxylic acids is 1. The Balaban J connectivity index is 0.00000225. The van der Waals surface area contributed by atoms with Gasteiger partial charge in [0.1, 0.15) is 0 Å². The molecule has 0 fully saturated rings. The van der Waals surface area contributed by atoms with Crippen molar-refractivity contribution in [2.24, 2.45) is 5.73 Å². The van der Waals surface area contributed by atoms with Gasteiger partial charge in [-0.25, -0.2) is 0 Å². The summed E-state index contributed by atoms with van der Waals surface area (Å²) in [6, 6.07) is 0. The second kappa shape index (κ2) is 7.43. The van der Waals surface area contributed by atoms with Crippen molar-refractivity contribution in [3.8, 4) is 0 Å². The summed E-state index contributed by atoms with van der Waals surface area (Å²) < 4.78 is 1.60. The van der Waals surface area contributed by atoms with Crippen molar-refractivity contribution in [2.75, 3.05) is 13.1 Å². The SMILES string of the molecule is Cc1csc(=O)n1CCC(=O)NCCN.Cl. The van der Waals surface area contributed by atoms with Gasteiger partial charge in [0.25, 0.3) is 0 Å². The minimum atomic E-state index is -0.0713. The number of nitrogens with two attached hydrogens (primary N) is 1. The largest absolute Gasteiger partial charge is 0.355 e. The lowest BCUT2D eigenvalue weighted by Gasteiger charge is -2.05. The summed E-state index contributed by atoms with van der Waals surface area (Å²) >= 11 is 1.16. The van der Waals surface area contributed by atoms with Gasteiger partial charge < -0.3 is 15.6 Å². The Morgan fingerprint density at radius 2 is 2.31 bits per heavy atom. The lowest BCUT2D eigenvalue weighted by atomic mass is 10.3. The Labute approximate surface area is 104 Å². The van der Waals surface area contributed by atoms with E-state index in [9.17, 15) is 9.59 Å². The number of hydrogen-bond donors (Lipinski definition) is 2. The number of aryl methyl sites for hydroxylation is 1. The number of rotatable bonds is 5. The molecule has 0 aromatic carbocycles. The van der Waals surface area contributed by atoms with Gasteiger partial charge in [0.15, 0.2) is 0 Å². The van der Waals surface area contributed by atoms with Crippen LogP contribution in [-0.4, -0.2) is 23.6 Å². The molecule has 5 nitrogen and oxygen atoms in total. The standard InChI is InChI=1S/C9H15N3O2S.ClH/c1-7-6-15-9(14)12(7)5-2-8(13)11-4-3-10;/h6H,2-5,10H2,1H3,(H,11,13);1H. The van der Waals surface area contributed by atoms with Gasteiger partial charge in [-0.1, -0.05) is 11.3 Å². The van der Waals surface area contributed by atoms with Crippen LogP contribution in [0.1, 0.15) is 12.1 Å². The Morgan fingerprint density at radius 1 is 1.62 bits per heavy atom. The van der Waals surface area contributed by atoms with Crippen molar-refractivity contribution in [1.29, 1.82) is 0 Å². The van der Waals surface area contributed by atoms with E-state index in [0.717, 1.165) is 17.0 Å². The Kier molecular flexibility index (Phi) is 7.03. The molecule has 0 saturated carbocycles. The molecule has 0 saturated heterocycles. The van der Waals surface area contributed by atoms with E-state index >= 15 is 0 Å². The number of nitrogens with zero attached hydrogens (tertiary/aromatic N) is 1. The molecule has 1 heterocycles. The summed E-state index contributed by atoms with van der Waals surface area (Å²) in [5, 5.41) is 4.45. The van der Waals surface area contributed by atoms with Crippen LogP contribution in [0.3, 0.4) is 0 Å². The van der Waals surface area contributed by atoms with Crippen molar-refractivity contribution in [1.82, 2.24) is 9.88 Å². The molecule has 0 aliphatic heterocycles. The van der Waals surface area contributed by atoms with E-state index in [2.05, 4.69) is 5.32 Å². The van der Waals surface area contributed by atoms with Crippen molar-refractivity contribution < 1.29 is 4.79 Å². The Hall–Kier alpha value is -0.850. The maximum absolute atomic E-state index is 11.3. The molecule has 1 aromatic heterocycles. The first-order chi connectivity index (χ1) is 7.15. The van der Waals surface area contributed by atoms with Crippen LogP contribution < -0.4 is 15.9 Å². The van der Waals surface area contributed by atoms with Crippen LogP contribution in [0, 0.1) is 6.92 Å². The molecule has 92 valence electrons. The zero-order chi connectivity index (χ0) is 11.3. The molecule has 0 aliphatic carbocycles. The van der Waals surface area contributed by atoms with E-state index in [1.807, 2.05) is 6.92 Å². The molecular weight excluding hydrogens is 250 g/mol. The smallest absolute Gasteiger partial charge is 0.307 e. The molecule has 0 bridgehead atoms. The Morgan fingerprint density at radius 3 is 2.81 bits per heavy atom. The molecule has 1 aromatic rings. The maximum Gasteiger partial charge on any atom is 0.307 e. The van der Waals surface area contributed by atoms with Gasteiger partial charge in [0.05, 0.1) is 0 Å². The summed E-state index contributed by atoms with van der Waals surface area (Å²) in [5.41, 5.74) is 6.15. The van der Waals surface area contributed by atoms with E-state index in [1.54, 1.807) is 9.95 Å². The number of carbonyl (C=O) groups is 1. The second-order valence-electron chi connectivity index (χ2n) is 3.18. The fourth-order valence-corrected chi connectivity index (χ4v) is 1.95.